The normalized spacial score (nSPS) is 11.9. The first-order chi connectivity index (χ1) is 7.06. The summed E-state index contributed by atoms with van der Waals surface area (Å²) in [6.45, 7) is 6.82. The third-order valence-corrected chi connectivity index (χ3v) is 2.17. The van der Waals surface area contributed by atoms with Crippen LogP contribution in [0.15, 0.2) is 0 Å². The van der Waals surface area contributed by atoms with E-state index in [-0.39, 0.29) is 6.03 Å². The second kappa shape index (κ2) is 7.09. The minimum atomic E-state index is -0.988. The molecule has 15 heavy (non-hydrogen) atoms. The van der Waals surface area contributed by atoms with Gasteiger partial charge in [-0.05, 0) is 19.8 Å². The second-order valence-electron chi connectivity index (χ2n) is 3.33. The van der Waals surface area contributed by atoms with Crippen molar-refractivity contribution in [3.63, 3.8) is 0 Å². The molecule has 0 aliphatic rings. The summed E-state index contributed by atoms with van der Waals surface area (Å²) in [5.41, 5.74) is 0. The Labute approximate surface area is 90.5 Å². The highest BCUT2D eigenvalue weighted by Crippen LogP contribution is 1.96. The van der Waals surface area contributed by atoms with E-state index < -0.39 is 12.0 Å². The van der Waals surface area contributed by atoms with Crippen LogP contribution in [0.5, 0.6) is 0 Å². The highest BCUT2D eigenvalue weighted by atomic mass is 16.4. The van der Waals surface area contributed by atoms with Crippen LogP contribution in [0.25, 0.3) is 0 Å². The van der Waals surface area contributed by atoms with Gasteiger partial charge in [-0.15, -0.1) is 0 Å². The van der Waals surface area contributed by atoms with E-state index in [9.17, 15) is 9.59 Å². The lowest BCUT2D eigenvalue weighted by Gasteiger charge is -2.22. The third kappa shape index (κ3) is 4.67. The number of carbonyl (C=O) groups excluding carboxylic acids is 1. The summed E-state index contributed by atoms with van der Waals surface area (Å²) in [5.74, 6) is -0.988. The maximum atomic E-state index is 11.6. The van der Waals surface area contributed by atoms with Crippen LogP contribution in [0, 0.1) is 0 Å². The molecular formula is C10H20N2O3. The molecule has 5 nitrogen and oxygen atoms in total. The molecular weight excluding hydrogens is 196 g/mol. The topological polar surface area (TPSA) is 69.6 Å². The van der Waals surface area contributed by atoms with Gasteiger partial charge in [0.25, 0.3) is 0 Å². The molecule has 0 radical (unpaired) electrons. The van der Waals surface area contributed by atoms with E-state index in [2.05, 4.69) is 5.32 Å². The molecule has 0 aromatic carbocycles. The molecule has 0 fully saturated rings. The molecule has 5 heteroatoms. The van der Waals surface area contributed by atoms with Gasteiger partial charge in [-0.2, -0.15) is 0 Å². The van der Waals surface area contributed by atoms with Gasteiger partial charge in [-0.3, -0.25) is 0 Å². The molecule has 0 saturated heterocycles. The van der Waals surface area contributed by atoms with Gasteiger partial charge in [-0.1, -0.05) is 13.8 Å². The van der Waals surface area contributed by atoms with Crippen LogP contribution in [0.4, 0.5) is 4.79 Å². The molecule has 88 valence electrons. The fraction of sp³-hybridized carbons (Fsp3) is 0.800. The summed E-state index contributed by atoms with van der Waals surface area (Å²) in [7, 11) is 0. The van der Waals surface area contributed by atoms with Crippen LogP contribution >= 0.6 is 0 Å². The number of aliphatic carboxylic acids is 1. The van der Waals surface area contributed by atoms with E-state index >= 15 is 0 Å². The number of carboxylic acids is 1. The minimum Gasteiger partial charge on any atom is -0.480 e. The van der Waals surface area contributed by atoms with E-state index in [0.717, 1.165) is 6.42 Å². The Morgan fingerprint density at radius 1 is 1.33 bits per heavy atom. The van der Waals surface area contributed by atoms with Crippen LogP contribution < -0.4 is 5.32 Å². The van der Waals surface area contributed by atoms with Crippen molar-refractivity contribution in [1.82, 2.24) is 10.2 Å². The molecule has 0 saturated carbocycles. The standard InChI is InChI=1S/C10H20N2O3/c1-4-7-12(6-3)10(15)11-8(5-2)9(13)14/h8H,4-7H2,1-3H3,(H,11,15)(H,13,14)/t8-/m0/s1. The van der Waals surface area contributed by atoms with E-state index in [0.29, 0.717) is 19.5 Å². The van der Waals surface area contributed by atoms with Crippen LogP contribution in [0.2, 0.25) is 0 Å². The number of carbonyl (C=O) groups is 2. The maximum absolute atomic E-state index is 11.6. The van der Waals surface area contributed by atoms with Gasteiger partial charge in [0.2, 0.25) is 0 Å². The maximum Gasteiger partial charge on any atom is 0.326 e. The van der Waals surface area contributed by atoms with E-state index in [1.54, 1.807) is 11.8 Å². The number of nitrogens with one attached hydrogen (secondary N) is 1. The Kier molecular flexibility index (Phi) is 6.49. The molecule has 0 aromatic rings. The monoisotopic (exact) mass is 216 g/mol. The van der Waals surface area contributed by atoms with Crippen LogP contribution in [0.3, 0.4) is 0 Å². The number of nitrogens with zero attached hydrogens (tertiary/aromatic N) is 1. The van der Waals surface area contributed by atoms with Crippen molar-refractivity contribution >= 4 is 12.0 Å². The zero-order valence-electron chi connectivity index (χ0n) is 9.62. The van der Waals surface area contributed by atoms with Crippen molar-refractivity contribution in [2.24, 2.45) is 0 Å². The van der Waals surface area contributed by atoms with E-state index in [1.165, 1.54) is 0 Å². The lowest BCUT2D eigenvalue weighted by Crippen LogP contribution is -2.47. The Balaban J connectivity index is 4.24. The number of carboxylic acid groups (broad SMARTS) is 1. The zero-order valence-corrected chi connectivity index (χ0v) is 9.62. The number of urea groups is 1. The third-order valence-electron chi connectivity index (χ3n) is 2.17. The van der Waals surface area contributed by atoms with Crippen LogP contribution in [0.1, 0.15) is 33.6 Å². The van der Waals surface area contributed by atoms with Crippen LogP contribution in [-0.2, 0) is 4.79 Å². The first kappa shape index (κ1) is 13.7. The predicted octanol–water partition coefficient (Wildman–Crippen LogP) is 1.29. The molecule has 1 atom stereocenters. The number of hydrogen-bond donors (Lipinski definition) is 2. The van der Waals surface area contributed by atoms with Crippen molar-refractivity contribution in [3.8, 4) is 0 Å². The number of hydrogen-bond acceptors (Lipinski definition) is 2. The van der Waals surface area contributed by atoms with Gasteiger partial charge in [0.1, 0.15) is 6.04 Å². The smallest absolute Gasteiger partial charge is 0.326 e. The SMILES string of the molecule is CCCN(CC)C(=O)N[C@@H](CC)C(=O)O. The predicted molar refractivity (Wildman–Crippen MR) is 57.8 cm³/mol. The molecule has 0 aliphatic carbocycles. The van der Waals surface area contributed by atoms with Gasteiger partial charge in [0.15, 0.2) is 0 Å². The number of amides is 2. The quantitative estimate of drug-likeness (QED) is 0.703. The molecule has 0 unspecified atom stereocenters. The summed E-state index contributed by atoms with van der Waals surface area (Å²) in [6.07, 6.45) is 1.26. The summed E-state index contributed by atoms with van der Waals surface area (Å²) in [6, 6.07) is -1.09. The lowest BCUT2D eigenvalue weighted by atomic mass is 10.2. The fourth-order valence-electron chi connectivity index (χ4n) is 1.25. The van der Waals surface area contributed by atoms with Crippen LogP contribution in [-0.4, -0.2) is 41.1 Å². The van der Waals surface area contributed by atoms with Crippen molar-refractivity contribution in [1.29, 1.82) is 0 Å². The van der Waals surface area contributed by atoms with Gasteiger partial charge in [-0.25, -0.2) is 9.59 Å². The molecule has 0 aromatic heterocycles. The van der Waals surface area contributed by atoms with Gasteiger partial charge >= 0.3 is 12.0 Å². The van der Waals surface area contributed by atoms with Gasteiger partial charge in [0, 0.05) is 13.1 Å². The Hall–Kier alpha value is -1.26. The van der Waals surface area contributed by atoms with Gasteiger partial charge < -0.3 is 15.3 Å². The summed E-state index contributed by atoms with van der Waals surface area (Å²) >= 11 is 0. The lowest BCUT2D eigenvalue weighted by molar-refractivity contribution is -0.139. The molecule has 2 N–H and O–H groups in total. The molecule has 0 heterocycles. The van der Waals surface area contributed by atoms with Crippen molar-refractivity contribution in [2.45, 2.75) is 39.7 Å². The second-order valence-corrected chi connectivity index (χ2v) is 3.33. The Morgan fingerprint density at radius 3 is 2.27 bits per heavy atom. The summed E-state index contributed by atoms with van der Waals surface area (Å²) in [5, 5.41) is 11.3. The Bertz CT molecular complexity index is 219. The van der Waals surface area contributed by atoms with Crippen molar-refractivity contribution < 1.29 is 14.7 Å². The summed E-state index contributed by atoms with van der Waals surface area (Å²) in [4.78, 5) is 23.9. The molecule has 0 bridgehead atoms. The fourth-order valence-corrected chi connectivity index (χ4v) is 1.25. The molecule has 0 aliphatic heterocycles. The molecule has 0 rings (SSSR count). The van der Waals surface area contributed by atoms with Crippen molar-refractivity contribution in [3.05, 3.63) is 0 Å². The zero-order chi connectivity index (χ0) is 11.8. The summed E-state index contributed by atoms with van der Waals surface area (Å²) < 4.78 is 0. The van der Waals surface area contributed by atoms with Crippen molar-refractivity contribution in [2.75, 3.05) is 13.1 Å². The number of rotatable bonds is 6. The average Bonchev–Trinajstić information content (AvgIpc) is 2.21. The Morgan fingerprint density at radius 2 is 1.93 bits per heavy atom. The average molecular weight is 216 g/mol. The molecule has 2 amide bonds. The highest BCUT2D eigenvalue weighted by Gasteiger charge is 2.20. The first-order valence-corrected chi connectivity index (χ1v) is 5.34. The minimum absolute atomic E-state index is 0.298. The first-order valence-electron chi connectivity index (χ1n) is 5.34. The van der Waals surface area contributed by atoms with Gasteiger partial charge in [0.05, 0.1) is 0 Å². The molecule has 0 spiro atoms. The van der Waals surface area contributed by atoms with E-state index in [1.807, 2.05) is 13.8 Å². The largest absolute Gasteiger partial charge is 0.480 e. The highest BCUT2D eigenvalue weighted by molar-refractivity contribution is 5.82. The van der Waals surface area contributed by atoms with E-state index in [4.69, 9.17) is 5.11 Å².